The molecule has 0 unspecified atom stereocenters. The Morgan fingerprint density at radius 3 is 2.52 bits per heavy atom. The van der Waals surface area contributed by atoms with E-state index >= 15 is 0 Å². The topological polar surface area (TPSA) is 60.8 Å². The van der Waals surface area contributed by atoms with Crippen LogP contribution in [0.2, 0.25) is 0 Å². The van der Waals surface area contributed by atoms with Crippen LogP contribution in [0.3, 0.4) is 0 Å². The number of hydrogen-bond donors (Lipinski definition) is 1. The molecule has 0 aliphatic rings. The van der Waals surface area contributed by atoms with Gasteiger partial charge in [-0.3, -0.25) is 0 Å². The van der Waals surface area contributed by atoms with Crippen molar-refractivity contribution in [1.82, 2.24) is 4.98 Å². The summed E-state index contributed by atoms with van der Waals surface area (Å²) in [5.74, 6) is 0.158. The Balaban J connectivity index is 2.17. The normalized spacial score (nSPS) is 11.8. The number of nitrogens with zero attached hydrogens (tertiary/aromatic N) is 1. The molecule has 0 spiro atoms. The first-order chi connectivity index (χ1) is 11.3. The first kappa shape index (κ1) is 20.7. The molecule has 1 N–H and O–H groups in total. The van der Waals surface area contributed by atoms with Crippen molar-refractivity contribution in [3.8, 4) is 0 Å². The lowest BCUT2D eigenvalue weighted by Gasteiger charge is -2.32. The summed E-state index contributed by atoms with van der Waals surface area (Å²) in [6.07, 6.45) is 2.87. The number of aliphatic hydroxyl groups is 1. The highest BCUT2D eigenvalue weighted by atomic mass is 33.1. The molecule has 0 amide bonds. The maximum atomic E-state index is 9.22. The monoisotopic (exact) mass is 361 g/mol. The number of aliphatic hydroxyl groups excluding tert-OH is 1. The molecule has 0 saturated heterocycles. The second kappa shape index (κ2) is 13.0. The van der Waals surface area contributed by atoms with Crippen molar-refractivity contribution in [2.75, 3.05) is 38.8 Å². The minimum atomic E-state index is -0.728. The van der Waals surface area contributed by atoms with E-state index < -0.39 is 5.79 Å². The largest absolute Gasteiger partial charge is 0.396 e. The summed E-state index contributed by atoms with van der Waals surface area (Å²) < 4.78 is 17.1. The summed E-state index contributed by atoms with van der Waals surface area (Å²) in [6, 6.07) is 5.88. The summed E-state index contributed by atoms with van der Waals surface area (Å²) in [4.78, 5) is 4.25. The maximum absolute atomic E-state index is 9.22. The van der Waals surface area contributed by atoms with Gasteiger partial charge in [-0.1, -0.05) is 16.9 Å². The van der Waals surface area contributed by atoms with Gasteiger partial charge in [0, 0.05) is 44.6 Å². The highest BCUT2D eigenvalue weighted by molar-refractivity contribution is 8.76. The lowest BCUT2D eigenvalue weighted by atomic mass is 10.1. The first-order valence-electron chi connectivity index (χ1n) is 7.93. The molecule has 1 aromatic heterocycles. The van der Waals surface area contributed by atoms with Crippen LogP contribution in [0.25, 0.3) is 0 Å². The summed E-state index contributed by atoms with van der Waals surface area (Å²) >= 11 is 0. The predicted octanol–water partition coefficient (Wildman–Crippen LogP) is 3.38. The predicted molar refractivity (Wildman–Crippen MR) is 95.7 cm³/mol. The van der Waals surface area contributed by atoms with Gasteiger partial charge in [-0.05, 0) is 36.8 Å². The van der Waals surface area contributed by atoms with Crippen LogP contribution < -0.4 is 0 Å². The molecule has 7 heteroatoms. The van der Waals surface area contributed by atoms with E-state index in [2.05, 4.69) is 4.98 Å². The zero-order valence-corrected chi connectivity index (χ0v) is 15.5. The molecule has 0 aliphatic carbocycles. The van der Waals surface area contributed by atoms with Crippen LogP contribution in [0.1, 0.15) is 26.7 Å². The van der Waals surface area contributed by atoms with Gasteiger partial charge in [-0.25, -0.2) is 4.98 Å². The van der Waals surface area contributed by atoms with Crippen molar-refractivity contribution < 1.29 is 19.3 Å². The zero-order valence-electron chi connectivity index (χ0n) is 13.9. The van der Waals surface area contributed by atoms with Crippen LogP contribution in [0.15, 0.2) is 29.4 Å². The summed E-state index contributed by atoms with van der Waals surface area (Å²) in [5, 5.41) is 10.2. The van der Waals surface area contributed by atoms with Crippen LogP contribution in [-0.4, -0.2) is 54.7 Å². The van der Waals surface area contributed by atoms with Crippen molar-refractivity contribution in [1.29, 1.82) is 0 Å². The number of hydrogen-bond acceptors (Lipinski definition) is 7. The molecule has 0 aliphatic heterocycles. The van der Waals surface area contributed by atoms with Gasteiger partial charge in [0.25, 0.3) is 0 Å². The Kier molecular flexibility index (Phi) is 11.8. The van der Waals surface area contributed by atoms with Crippen LogP contribution >= 0.6 is 21.6 Å². The number of rotatable bonds is 14. The van der Waals surface area contributed by atoms with Crippen LogP contribution in [0.4, 0.5) is 0 Å². The molecule has 132 valence electrons. The minimum absolute atomic E-state index is 0.0383. The molecule has 1 rings (SSSR count). The second-order valence-electron chi connectivity index (χ2n) is 4.69. The van der Waals surface area contributed by atoms with E-state index in [0.29, 0.717) is 39.3 Å². The highest BCUT2D eigenvalue weighted by Gasteiger charge is 2.30. The first-order valence-corrected chi connectivity index (χ1v) is 10.2. The van der Waals surface area contributed by atoms with E-state index in [4.69, 9.17) is 14.2 Å². The average Bonchev–Trinajstić information content (AvgIpc) is 2.56. The third-order valence-electron chi connectivity index (χ3n) is 3.03. The van der Waals surface area contributed by atoms with Gasteiger partial charge in [0.2, 0.25) is 0 Å². The molecular weight excluding hydrogens is 334 g/mol. The molecular formula is C16H27NO4S2. The fourth-order valence-electron chi connectivity index (χ4n) is 2.07. The molecule has 1 heterocycles. The van der Waals surface area contributed by atoms with E-state index in [1.165, 1.54) is 0 Å². The Morgan fingerprint density at radius 1 is 1.13 bits per heavy atom. The van der Waals surface area contributed by atoms with Gasteiger partial charge in [0.05, 0.1) is 13.2 Å². The quantitative estimate of drug-likeness (QED) is 0.310. The molecule has 5 nitrogen and oxygen atoms in total. The second-order valence-corrected chi connectivity index (χ2v) is 7.12. The minimum Gasteiger partial charge on any atom is -0.396 e. The van der Waals surface area contributed by atoms with Crippen molar-refractivity contribution in [3.63, 3.8) is 0 Å². The molecule has 0 radical (unpaired) electrons. The van der Waals surface area contributed by atoms with E-state index in [-0.39, 0.29) is 6.61 Å². The van der Waals surface area contributed by atoms with Gasteiger partial charge in [0.15, 0.2) is 5.79 Å². The molecule has 0 bridgehead atoms. The summed E-state index contributed by atoms with van der Waals surface area (Å²) in [7, 11) is 3.37. The van der Waals surface area contributed by atoms with Crippen LogP contribution in [0, 0.1) is 0 Å². The third-order valence-corrected chi connectivity index (χ3v) is 5.26. The summed E-state index contributed by atoms with van der Waals surface area (Å²) in [5.41, 5.74) is 0. The molecule has 0 fully saturated rings. The van der Waals surface area contributed by atoms with Crippen molar-refractivity contribution in [3.05, 3.63) is 24.4 Å². The SMILES string of the molecule is CCOC(CCO)(CCOCCSSc1ccccn1)OCC. The van der Waals surface area contributed by atoms with Gasteiger partial charge in [-0.2, -0.15) is 0 Å². The fourth-order valence-corrected chi connectivity index (χ4v) is 3.81. The van der Waals surface area contributed by atoms with Crippen molar-refractivity contribution >= 4 is 21.6 Å². The van der Waals surface area contributed by atoms with E-state index in [9.17, 15) is 5.11 Å². The van der Waals surface area contributed by atoms with Crippen LogP contribution in [-0.2, 0) is 14.2 Å². The van der Waals surface area contributed by atoms with Crippen molar-refractivity contribution in [2.24, 2.45) is 0 Å². The molecule has 0 saturated carbocycles. The number of pyridine rings is 1. The van der Waals surface area contributed by atoms with Gasteiger partial charge >= 0.3 is 0 Å². The molecule has 0 atom stereocenters. The molecule has 0 aromatic carbocycles. The Morgan fingerprint density at radius 2 is 1.91 bits per heavy atom. The lowest BCUT2D eigenvalue weighted by Crippen LogP contribution is -2.38. The van der Waals surface area contributed by atoms with Gasteiger partial charge in [-0.15, -0.1) is 0 Å². The lowest BCUT2D eigenvalue weighted by molar-refractivity contribution is -0.248. The Hall–Kier alpha value is -0.310. The smallest absolute Gasteiger partial charge is 0.172 e. The van der Waals surface area contributed by atoms with Gasteiger partial charge < -0.3 is 19.3 Å². The Bertz CT molecular complexity index is 378. The average molecular weight is 362 g/mol. The molecule has 23 heavy (non-hydrogen) atoms. The van der Waals surface area contributed by atoms with E-state index in [0.717, 1.165) is 10.8 Å². The van der Waals surface area contributed by atoms with Crippen molar-refractivity contribution in [2.45, 2.75) is 37.5 Å². The summed E-state index contributed by atoms with van der Waals surface area (Å²) in [6.45, 7) is 6.21. The highest BCUT2D eigenvalue weighted by Crippen LogP contribution is 2.28. The Labute approximate surface area is 146 Å². The number of aromatic nitrogens is 1. The third kappa shape index (κ3) is 8.93. The number of ether oxygens (including phenoxy) is 3. The van der Waals surface area contributed by atoms with Crippen LogP contribution in [0.5, 0.6) is 0 Å². The van der Waals surface area contributed by atoms with E-state index in [1.807, 2.05) is 32.0 Å². The van der Waals surface area contributed by atoms with E-state index in [1.54, 1.807) is 27.8 Å². The fraction of sp³-hybridized carbons (Fsp3) is 0.688. The maximum Gasteiger partial charge on any atom is 0.172 e. The molecule has 1 aromatic rings. The van der Waals surface area contributed by atoms with Gasteiger partial charge in [0.1, 0.15) is 5.03 Å². The zero-order chi connectivity index (χ0) is 16.8. The standard InChI is InChI=1S/C16H27NO4S2/c1-3-20-16(8-11-18,21-4-2)9-12-19-13-14-22-23-15-7-5-6-10-17-15/h5-7,10,18H,3-4,8-9,11-14H2,1-2H3.